The first-order valence-corrected chi connectivity index (χ1v) is 9.36. The topological polar surface area (TPSA) is 60.5 Å². The number of fused-ring (bicyclic) bond motifs is 2. The average Bonchev–Trinajstić information content (AvgIpc) is 3.21. The zero-order valence-corrected chi connectivity index (χ0v) is 15.8. The van der Waals surface area contributed by atoms with Crippen molar-refractivity contribution in [1.82, 2.24) is 4.98 Å². The molecule has 0 saturated heterocycles. The number of ether oxygens (including phenoxy) is 2. The second-order valence-electron chi connectivity index (χ2n) is 6.87. The smallest absolute Gasteiger partial charge is 0.256 e. The van der Waals surface area contributed by atoms with Crippen LogP contribution in [0.1, 0.15) is 15.9 Å². The zero-order valence-electron chi connectivity index (χ0n) is 15.8. The van der Waals surface area contributed by atoms with Crippen molar-refractivity contribution in [3.63, 3.8) is 0 Å². The number of para-hydroxylation sites is 1. The van der Waals surface area contributed by atoms with Crippen molar-refractivity contribution >= 4 is 22.5 Å². The number of hydrogen-bond acceptors (Lipinski definition) is 4. The molecule has 0 fully saturated rings. The van der Waals surface area contributed by atoms with Crippen LogP contribution >= 0.6 is 0 Å². The van der Waals surface area contributed by atoms with Gasteiger partial charge in [0.25, 0.3) is 5.91 Å². The van der Waals surface area contributed by atoms with Crippen molar-refractivity contribution in [1.29, 1.82) is 0 Å². The van der Waals surface area contributed by atoms with E-state index >= 15 is 0 Å². The molecular formula is C24H18N2O3. The highest BCUT2D eigenvalue weighted by Gasteiger charge is 2.20. The van der Waals surface area contributed by atoms with Crippen LogP contribution in [0.25, 0.3) is 22.2 Å². The SMILES string of the molecule is Cc1c(-c2ccccc2)nc2ccccc2c1C(=O)Nc1ccc2c(c1)OCO2. The van der Waals surface area contributed by atoms with E-state index in [4.69, 9.17) is 14.5 Å². The van der Waals surface area contributed by atoms with Gasteiger partial charge < -0.3 is 14.8 Å². The molecule has 29 heavy (non-hydrogen) atoms. The van der Waals surface area contributed by atoms with Crippen LogP contribution in [0, 0.1) is 6.92 Å². The lowest BCUT2D eigenvalue weighted by Crippen LogP contribution is -2.15. The van der Waals surface area contributed by atoms with Gasteiger partial charge in [-0.1, -0.05) is 48.5 Å². The van der Waals surface area contributed by atoms with Crippen molar-refractivity contribution in [2.24, 2.45) is 0 Å². The molecule has 2 heterocycles. The molecule has 4 aromatic rings. The van der Waals surface area contributed by atoms with Gasteiger partial charge in [-0.2, -0.15) is 0 Å². The predicted molar refractivity (Wildman–Crippen MR) is 112 cm³/mol. The van der Waals surface area contributed by atoms with Crippen LogP contribution in [0.3, 0.4) is 0 Å². The molecule has 1 aromatic heterocycles. The van der Waals surface area contributed by atoms with Gasteiger partial charge in [0, 0.05) is 22.7 Å². The lowest BCUT2D eigenvalue weighted by atomic mass is 9.97. The molecule has 1 N–H and O–H groups in total. The monoisotopic (exact) mass is 382 g/mol. The Kier molecular flexibility index (Phi) is 4.13. The van der Waals surface area contributed by atoms with Gasteiger partial charge in [0.15, 0.2) is 11.5 Å². The molecule has 0 spiro atoms. The first-order chi connectivity index (χ1) is 14.2. The highest BCUT2D eigenvalue weighted by molar-refractivity contribution is 6.14. The molecule has 3 aromatic carbocycles. The van der Waals surface area contributed by atoms with Crippen LogP contribution < -0.4 is 14.8 Å². The summed E-state index contributed by atoms with van der Waals surface area (Å²) in [6, 6.07) is 23.0. The molecule has 0 atom stereocenters. The Bertz CT molecular complexity index is 1240. The fourth-order valence-electron chi connectivity index (χ4n) is 3.64. The number of nitrogens with one attached hydrogen (secondary N) is 1. The maximum Gasteiger partial charge on any atom is 0.256 e. The van der Waals surface area contributed by atoms with Gasteiger partial charge in [0.2, 0.25) is 6.79 Å². The molecule has 0 unspecified atom stereocenters. The molecule has 0 bridgehead atoms. The maximum atomic E-state index is 13.3. The third-order valence-electron chi connectivity index (χ3n) is 5.04. The maximum absolute atomic E-state index is 13.3. The molecule has 1 aliphatic heterocycles. The van der Waals surface area contributed by atoms with Crippen LogP contribution in [-0.4, -0.2) is 17.7 Å². The van der Waals surface area contributed by atoms with Gasteiger partial charge in [-0.15, -0.1) is 0 Å². The van der Waals surface area contributed by atoms with Crippen LogP contribution in [0.15, 0.2) is 72.8 Å². The number of nitrogens with zero attached hydrogens (tertiary/aromatic N) is 1. The molecule has 5 nitrogen and oxygen atoms in total. The number of benzene rings is 3. The molecular weight excluding hydrogens is 364 g/mol. The van der Waals surface area contributed by atoms with E-state index in [0.717, 1.165) is 27.7 Å². The van der Waals surface area contributed by atoms with Gasteiger partial charge in [0.05, 0.1) is 16.8 Å². The first kappa shape index (κ1) is 17.3. The Balaban J connectivity index is 1.61. The Morgan fingerprint density at radius 3 is 2.55 bits per heavy atom. The van der Waals surface area contributed by atoms with Crippen LogP contribution in [-0.2, 0) is 0 Å². The molecule has 0 radical (unpaired) electrons. The molecule has 142 valence electrons. The largest absolute Gasteiger partial charge is 0.454 e. The van der Waals surface area contributed by atoms with E-state index in [0.29, 0.717) is 22.7 Å². The average molecular weight is 382 g/mol. The summed E-state index contributed by atoms with van der Waals surface area (Å²) in [5, 5.41) is 3.82. The first-order valence-electron chi connectivity index (χ1n) is 9.36. The van der Waals surface area contributed by atoms with E-state index in [1.165, 1.54) is 0 Å². The Morgan fingerprint density at radius 1 is 0.931 bits per heavy atom. The van der Waals surface area contributed by atoms with Crippen LogP contribution in [0.5, 0.6) is 11.5 Å². The molecule has 0 saturated carbocycles. The van der Waals surface area contributed by atoms with Crippen molar-refractivity contribution in [2.45, 2.75) is 6.92 Å². The van der Waals surface area contributed by atoms with E-state index in [2.05, 4.69) is 5.32 Å². The Hall–Kier alpha value is -3.86. The minimum absolute atomic E-state index is 0.183. The van der Waals surface area contributed by atoms with Crippen molar-refractivity contribution in [3.8, 4) is 22.8 Å². The summed E-state index contributed by atoms with van der Waals surface area (Å²) in [5.74, 6) is 1.13. The van der Waals surface area contributed by atoms with E-state index in [1.54, 1.807) is 12.1 Å². The second kappa shape index (κ2) is 6.95. The number of rotatable bonds is 3. The molecule has 5 rings (SSSR count). The van der Waals surface area contributed by atoms with Crippen LogP contribution in [0.4, 0.5) is 5.69 Å². The van der Waals surface area contributed by atoms with Gasteiger partial charge in [0.1, 0.15) is 0 Å². The van der Waals surface area contributed by atoms with E-state index in [1.807, 2.05) is 67.6 Å². The summed E-state index contributed by atoms with van der Waals surface area (Å²) >= 11 is 0. The Morgan fingerprint density at radius 2 is 1.69 bits per heavy atom. The normalized spacial score (nSPS) is 12.2. The quantitative estimate of drug-likeness (QED) is 0.530. The fourth-order valence-corrected chi connectivity index (χ4v) is 3.64. The lowest BCUT2D eigenvalue weighted by Gasteiger charge is -2.15. The highest BCUT2D eigenvalue weighted by Crippen LogP contribution is 2.35. The number of pyridine rings is 1. The van der Waals surface area contributed by atoms with Gasteiger partial charge in [-0.25, -0.2) is 4.98 Å². The van der Waals surface area contributed by atoms with E-state index in [-0.39, 0.29) is 12.7 Å². The summed E-state index contributed by atoms with van der Waals surface area (Å²) in [5.41, 5.74) is 4.68. The molecule has 5 heteroatoms. The van der Waals surface area contributed by atoms with Crippen molar-refractivity contribution < 1.29 is 14.3 Å². The minimum Gasteiger partial charge on any atom is -0.454 e. The third kappa shape index (κ3) is 3.06. The summed E-state index contributed by atoms with van der Waals surface area (Å²) in [6.45, 7) is 2.14. The number of aromatic nitrogens is 1. The number of carbonyl (C=O) groups excluding carboxylic acids is 1. The highest BCUT2D eigenvalue weighted by atomic mass is 16.7. The summed E-state index contributed by atoms with van der Waals surface area (Å²) in [7, 11) is 0. The molecule has 1 amide bonds. The number of carbonyl (C=O) groups is 1. The minimum atomic E-state index is -0.183. The fraction of sp³-hybridized carbons (Fsp3) is 0.0833. The zero-order chi connectivity index (χ0) is 19.8. The summed E-state index contributed by atoms with van der Waals surface area (Å²) < 4.78 is 10.8. The van der Waals surface area contributed by atoms with Crippen molar-refractivity contribution in [2.75, 3.05) is 12.1 Å². The number of amides is 1. The van der Waals surface area contributed by atoms with E-state index < -0.39 is 0 Å². The van der Waals surface area contributed by atoms with Crippen LogP contribution in [0.2, 0.25) is 0 Å². The third-order valence-corrected chi connectivity index (χ3v) is 5.04. The van der Waals surface area contributed by atoms with E-state index in [9.17, 15) is 4.79 Å². The van der Waals surface area contributed by atoms with Gasteiger partial charge in [-0.3, -0.25) is 4.79 Å². The lowest BCUT2D eigenvalue weighted by molar-refractivity contribution is 0.102. The number of hydrogen-bond donors (Lipinski definition) is 1. The second-order valence-corrected chi connectivity index (χ2v) is 6.87. The standard InChI is InChI=1S/C24H18N2O3/c1-15-22(24(27)25-17-11-12-20-21(13-17)29-14-28-20)18-9-5-6-10-19(18)26-23(15)16-7-3-2-4-8-16/h2-13H,14H2,1H3,(H,25,27). The Labute approximate surface area is 167 Å². The van der Waals surface area contributed by atoms with Gasteiger partial charge in [-0.05, 0) is 30.7 Å². The summed E-state index contributed by atoms with van der Waals surface area (Å²) in [4.78, 5) is 18.1. The molecule has 0 aliphatic carbocycles. The summed E-state index contributed by atoms with van der Waals surface area (Å²) in [6.07, 6.45) is 0. The van der Waals surface area contributed by atoms with Gasteiger partial charge >= 0.3 is 0 Å². The predicted octanol–water partition coefficient (Wildman–Crippen LogP) is 5.19. The van der Waals surface area contributed by atoms with Crippen molar-refractivity contribution in [3.05, 3.63) is 83.9 Å². The molecule has 1 aliphatic rings. The number of anilines is 1.